The van der Waals surface area contributed by atoms with E-state index >= 15 is 0 Å². The molecule has 6 heteroatoms. The van der Waals surface area contributed by atoms with Gasteiger partial charge in [0.15, 0.2) is 0 Å². The fourth-order valence-corrected chi connectivity index (χ4v) is 4.12. The minimum Gasteiger partial charge on any atom is -0.351 e. The molecule has 0 aliphatic rings. The standard InChI is InChI=1S/C12H16BrCl2NOS/c1-3-7(4-2)9(13)6-16-12(17)8-5-10(14)18-11(8)15/h5,7,9H,3-4,6H2,1-2H3,(H,16,17). The zero-order valence-electron chi connectivity index (χ0n) is 10.3. The predicted molar refractivity (Wildman–Crippen MR) is 83.5 cm³/mol. The summed E-state index contributed by atoms with van der Waals surface area (Å²) in [7, 11) is 0. The van der Waals surface area contributed by atoms with Gasteiger partial charge in [0.05, 0.1) is 9.90 Å². The maximum absolute atomic E-state index is 11.9. The summed E-state index contributed by atoms with van der Waals surface area (Å²) in [4.78, 5) is 12.2. The van der Waals surface area contributed by atoms with Gasteiger partial charge < -0.3 is 5.32 Å². The third-order valence-electron chi connectivity index (χ3n) is 2.92. The van der Waals surface area contributed by atoms with Gasteiger partial charge in [-0.15, -0.1) is 11.3 Å². The van der Waals surface area contributed by atoms with Crippen molar-refractivity contribution in [3.8, 4) is 0 Å². The van der Waals surface area contributed by atoms with Gasteiger partial charge in [0, 0.05) is 11.4 Å². The molecule has 18 heavy (non-hydrogen) atoms. The molecule has 1 aromatic heterocycles. The molecular weight excluding hydrogens is 357 g/mol. The molecule has 0 aromatic carbocycles. The lowest BCUT2D eigenvalue weighted by atomic mass is 9.99. The minimum absolute atomic E-state index is 0.168. The average Bonchev–Trinajstić information content (AvgIpc) is 2.67. The number of hydrogen-bond acceptors (Lipinski definition) is 2. The first kappa shape index (κ1) is 16.3. The van der Waals surface area contributed by atoms with Crippen molar-refractivity contribution in [2.75, 3.05) is 6.54 Å². The molecule has 1 rings (SSSR count). The second-order valence-electron chi connectivity index (χ2n) is 4.04. The van der Waals surface area contributed by atoms with E-state index in [1.807, 2.05) is 0 Å². The molecule has 1 atom stereocenters. The molecule has 0 fully saturated rings. The predicted octanol–water partition coefficient (Wildman–Crippen LogP) is 4.98. The molecule has 0 saturated heterocycles. The smallest absolute Gasteiger partial charge is 0.253 e. The van der Waals surface area contributed by atoms with Gasteiger partial charge in [-0.05, 0) is 12.0 Å². The fraction of sp³-hybridized carbons (Fsp3) is 0.583. The Morgan fingerprint density at radius 2 is 2.06 bits per heavy atom. The quantitative estimate of drug-likeness (QED) is 0.700. The summed E-state index contributed by atoms with van der Waals surface area (Å²) in [6, 6.07) is 1.60. The lowest BCUT2D eigenvalue weighted by Crippen LogP contribution is -2.32. The number of thiophene rings is 1. The van der Waals surface area contributed by atoms with Crippen LogP contribution in [0.2, 0.25) is 8.67 Å². The number of rotatable bonds is 6. The molecule has 1 amide bonds. The van der Waals surface area contributed by atoms with Gasteiger partial charge >= 0.3 is 0 Å². The highest BCUT2D eigenvalue weighted by Gasteiger charge is 2.18. The number of nitrogens with one attached hydrogen (secondary N) is 1. The molecule has 1 aromatic rings. The van der Waals surface area contributed by atoms with E-state index in [0.717, 1.165) is 12.8 Å². The van der Waals surface area contributed by atoms with Gasteiger partial charge in [0.1, 0.15) is 4.34 Å². The van der Waals surface area contributed by atoms with Crippen LogP contribution in [0, 0.1) is 5.92 Å². The van der Waals surface area contributed by atoms with Crippen molar-refractivity contribution in [3.63, 3.8) is 0 Å². The Kier molecular flexibility index (Phi) is 6.99. The first-order chi connectivity index (χ1) is 8.49. The molecule has 1 N–H and O–H groups in total. The second kappa shape index (κ2) is 7.73. The van der Waals surface area contributed by atoms with Crippen LogP contribution in [0.5, 0.6) is 0 Å². The Labute approximate surface area is 130 Å². The van der Waals surface area contributed by atoms with Crippen LogP contribution in [0.1, 0.15) is 37.0 Å². The summed E-state index contributed by atoms with van der Waals surface area (Å²) < 4.78 is 0.965. The highest BCUT2D eigenvalue weighted by Crippen LogP contribution is 2.31. The molecule has 0 spiro atoms. The van der Waals surface area contributed by atoms with Crippen molar-refractivity contribution in [3.05, 3.63) is 20.3 Å². The van der Waals surface area contributed by atoms with Crippen LogP contribution >= 0.6 is 50.5 Å². The molecular formula is C12H16BrCl2NOS. The van der Waals surface area contributed by atoms with Gasteiger partial charge in [-0.25, -0.2) is 0 Å². The minimum atomic E-state index is -0.168. The summed E-state index contributed by atoms with van der Waals surface area (Å²) in [5, 5.41) is 2.88. The SMILES string of the molecule is CCC(CC)C(Br)CNC(=O)c1cc(Cl)sc1Cl. The molecule has 0 radical (unpaired) electrons. The van der Waals surface area contributed by atoms with E-state index in [1.165, 1.54) is 11.3 Å². The number of hydrogen-bond donors (Lipinski definition) is 1. The van der Waals surface area contributed by atoms with Crippen LogP contribution in [-0.4, -0.2) is 17.3 Å². The largest absolute Gasteiger partial charge is 0.351 e. The van der Waals surface area contributed by atoms with Crippen molar-refractivity contribution in [2.24, 2.45) is 5.92 Å². The number of halogens is 3. The number of carbonyl (C=O) groups excluding carboxylic acids is 1. The molecule has 0 aliphatic carbocycles. The normalized spacial score (nSPS) is 12.8. The van der Waals surface area contributed by atoms with E-state index in [2.05, 4.69) is 35.1 Å². The Morgan fingerprint density at radius 1 is 1.44 bits per heavy atom. The highest BCUT2D eigenvalue weighted by molar-refractivity contribution is 9.09. The Hall–Kier alpha value is 0.230. The average molecular weight is 373 g/mol. The first-order valence-corrected chi connectivity index (χ1v) is 8.35. The molecule has 0 saturated carbocycles. The molecule has 102 valence electrons. The van der Waals surface area contributed by atoms with E-state index in [1.54, 1.807) is 6.07 Å². The molecule has 1 heterocycles. The number of alkyl halides is 1. The van der Waals surface area contributed by atoms with Gasteiger partial charge in [-0.3, -0.25) is 4.79 Å². The maximum Gasteiger partial charge on any atom is 0.253 e. The van der Waals surface area contributed by atoms with Crippen LogP contribution in [0.3, 0.4) is 0 Å². The first-order valence-electron chi connectivity index (χ1n) is 5.86. The third kappa shape index (κ3) is 4.41. The van der Waals surface area contributed by atoms with Gasteiger partial charge in [-0.1, -0.05) is 65.8 Å². The van der Waals surface area contributed by atoms with Crippen LogP contribution in [0.15, 0.2) is 6.07 Å². The molecule has 2 nitrogen and oxygen atoms in total. The van der Waals surface area contributed by atoms with Gasteiger partial charge in [-0.2, -0.15) is 0 Å². The van der Waals surface area contributed by atoms with Crippen molar-refractivity contribution in [2.45, 2.75) is 31.5 Å². The topological polar surface area (TPSA) is 29.1 Å². The lowest BCUT2D eigenvalue weighted by molar-refractivity contribution is 0.0952. The van der Waals surface area contributed by atoms with Crippen molar-refractivity contribution in [1.82, 2.24) is 5.32 Å². The van der Waals surface area contributed by atoms with E-state index in [9.17, 15) is 4.79 Å². The van der Waals surface area contributed by atoms with Gasteiger partial charge in [0.25, 0.3) is 5.91 Å². The molecule has 0 bridgehead atoms. The zero-order valence-corrected chi connectivity index (χ0v) is 14.2. The summed E-state index contributed by atoms with van der Waals surface area (Å²) in [5.41, 5.74) is 0.455. The van der Waals surface area contributed by atoms with Crippen molar-refractivity contribution < 1.29 is 4.79 Å². The fourth-order valence-electron chi connectivity index (χ4n) is 1.75. The van der Waals surface area contributed by atoms with E-state index in [-0.39, 0.29) is 10.7 Å². The Bertz CT molecular complexity index is 407. The van der Waals surface area contributed by atoms with E-state index in [0.29, 0.717) is 26.7 Å². The van der Waals surface area contributed by atoms with Crippen LogP contribution in [-0.2, 0) is 0 Å². The van der Waals surface area contributed by atoms with Crippen molar-refractivity contribution in [1.29, 1.82) is 0 Å². The summed E-state index contributed by atoms with van der Waals surface area (Å²) in [5.74, 6) is 0.394. The van der Waals surface area contributed by atoms with E-state index < -0.39 is 0 Å². The summed E-state index contributed by atoms with van der Waals surface area (Å²) >= 11 is 16.6. The van der Waals surface area contributed by atoms with E-state index in [4.69, 9.17) is 23.2 Å². The lowest BCUT2D eigenvalue weighted by Gasteiger charge is -2.19. The monoisotopic (exact) mass is 371 g/mol. The second-order valence-corrected chi connectivity index (χ2v) is 7.50. The van der Waals surface area contributed by atoms with Crippen LogP contribution < -0.4 is 5.32 Å². The maximum atomic E-state index is 11.9. The third-order valence-corrected chi connectivity index (χ3v) is 5.48. The number of amides is 1. The Morgan fingerprint density at radius 3 is 2.50 bits per heavy atom. The summed E-state index contributed by atoms with van der Waals surface area (Å²) in [6.07, 6.45) is 2.18. The molecule has 1 unspecified atom stereocenters. The zero-order chi connectivity index (χ0) is 13.7. The highest BCUT2D eigenvalue weighted by atomic mass is 79.9. The molecule has 0 aliphatic heterocycles. The van der Waals surface area contributed by atoms with Crippen LogP contribution in [0.25, 0.3) is 0 Å². The van der Waals surface area contributed by atoms with Gasteiger partial charge in [0.2, 0.25) is 0 Å². The van der Waals surface area contributed by atoms with Crippen molar-refractivity contribution >= 4 is 56.4 Å². The Balaban J connectivity index is 2.53. The number of carbonyl (C=O) groups is 1. The summed E-state index contributed by atoms with van der Waals surface area (Å²) in [6.45, 7) is 4.90. The van der Waals surface area contributed by atoms with Crippen LogP contribution in [0.4, 0.5) is 0 Å².